The molecule has 0 amide bonds. The van der Waals surface area contributed by atoms with Gasteiger partial charge in [0.2, 0.25) is 0 Å². The van der Waals surface area contributed by atoms with Gasteiger partial charge < -0.3 is 10.1 Å². The summed E-state index contributed by atoms with van der Waals surface area (Å²) in [7, 11) is 0. The predicted molar refractivity (Wildman–Crippen MR) is 64.5 cm³/mol. The first kappa shape index (κ1) is 15.9. The van der Waals surface area contributed by atoms with Crippen LogP contribution in [0.5, 0.6) is 0 Å². The van der Waals surface area contributed by atoms with E-state index >= 15 is 0 Å². The van der Waals surface area contributed by atoms with Crippen molar-refractivity contribution in [3.8, 4) is 0 Å². The number of hydrogen-bond donors (Lipinski definition) is 1. The topological polar surface area (TPSA) is 21.3 Å². The average Bonchev–Trinajstić information content (AvgIpc) is 2.33. The lowest BCUT2D eigenvalue weighted by Gasteiger charge is -2.08. The Labute approximate surface area is 109 Å². The summed E-state index contributed by atoms with van der Waals surface area (Å²) in [5.74, 6) is -0.238. The van der Waals surface area contributed by atoms with Gasteiger partial charge in [-0.05, 0) is 37.6 Å². The van der Waals surface area contributed by atoms with Crippen LogP contribution in [0.25, 0.3) is 0 Å². The molecule has 0 aliphatic rings. The van der Waals surface area contributed by atoms with Crippen molar-refractivity contribution in [2.45, 2.75) is 19.0 Å². The van der Waals surface area contributed by atoms with E-state index in [2.05, 4.69) is 10.1 Å². The Morgan fingerprint density at radius 1 is 1.11 bits per heavy atom. The second-order valence-corrected chi connectivity index (χ2v) is 4.11. The third kappa shape index (κ3) is 7.79. The first-order valence-corrected chi connectivity index (χ1v) is 6.07. The third-order valence-electron chi connectivity index (χ3n) is 2.44. The molecule has 0 unspecified atom stereocenters. The summed E-state index contributed by atoms with van der Waals surface area (Å²) in [4.78, 5) is 0. The van der Waals surface area contributed by atoms with E-state index < -0.39 is 12.8 Å². The number of halogens is 4. The van der Waals surface area contributed by atoms with Crippen LogP contribution in [-0.2, 0) is 11.2 Å². The molecule has 108 valence electrons. The van der Waals surface area contributed by atoms with Gasteiger partial charge in [-0.25, -0.2) is 4.39 Å². The van der Waals surface area contributed by atoms with Gasteiger partial charge in [0, 0.05) is 6.61 Å². The highest BCUT2D eigenvalue weighted by Crippen LogP contribution is 2.14. The zero-order valence-corrected chi connectivity index (χ0v) is 10.5. The van der Waals surface area contributed by atoms with Gasteiger partial charge in [0.05, 0.1) is 0 Å². The van der Waals surface area contributed by atoms with Crippen LogP contribution in [0.15, 0.2) is 24.3 Å². The van der Waals surface area contributed by atoms with Gasteiger partial charge in [-0.2, -0.15) is 13.2 Å². The Morgan fingerprint density at radius 2 is 1.84 bits per heavy atom. The Hall–Kier alpha value is -1.14. The van der Waals surface area contributed by atoms with Crippen molar-refractivity contribution in [2.75, 3.05) is 26.3 Å². The quantitative estimate of drug-likeness (QED) is 0.583. The van der Waals surface area contributed by atoms with E-state index in [1.165, 1.54) is 6.07 Å². The van der Waals surface area contributed by atoms with E-state index in [-0.39, 0.29) is 12.4 Å². The molecule has 0 saturated heterocycles. The molecule has 19 heavy (non-hydrogen) atoms. The van der Waals surface area contributed by atoms with E-state index in [4.69, 9.17) is 0 Å². The smallest absolute Gasteiger partial charge is 0.372 e. The summed E-state index contributed by atoms with van der Waals surface area (Å²) in [6.45, 7) is -0.0129. The maximum absolute atomic E-state index is 13.2. The summed E-state index contributed by atoms with van der Waals surface area (Å²) in [6.07, 6.45) is -3.22. The molecular weight excluding hydrogens is 262 g/mol. The highest BCUT2D eigenvalue weighted by molar-refractivity contribution is 5.17. The van der Waals surface area contributed by atoms with Crippen molar-refractivity contribution >= 4 is 0 Å². The third-order valence-corrected chi connectivity index (χ3v) is 2.44. The Morgan fingerprint density at radius 3 is 2.53 bits per heavy atom. The molecule has 0 bridgehead atoms. The fourth-order valence-electron chi connectivity index (χ4n) is 1.54. The minimum absolute atomic E-state index is 0.0617. The van der Waals surface area contributed by atoms with Crippen LogP contribution in [0, 0.1) is 5.82 Å². The number of hydrogen-bond acceptors (Lipinski definition) is 2. The standard InChI is InChI=1S/C13H17F4NO/c14-12-5-2-1-4-11(12)6-8-18-7-3-9-19-10-13(15,16)17/h1-2,4-5,18H,3,6-10H2. The number of nitrogens with one attached hydrogen (secondary N) is 1. The molecule has 0 saturated carbocycles. The van der Waals surface area contributed by atoms with Crippen molar-refractivity contribution in [3.63, 3.8) is 0 Å². The zero-order chi connectivity index (χ0) is 14.1. The monoisotopic (exact) mass is 279 g/mol. The molecule has 1 N–H and O–H groups in total. The van der Waals surface area contributed by atoms with Crippen molar-refractivity contribution < 1.29 is 22.3 Å². The molecule has 0 fully saturated rings. The fourth-order valence-corrected chi connectivity index (χ4v) is 1.54. The Bertz CT molecular complexity index is 368. The zero-order valence-electron chi connectivity index (χ0n) is 10.5. The molecule has 1 aromatic carbocycles. The first-order chi connectivity index (χ1) is 8.99. The lowest BCUT2D eigenvalue weighted by Crippen LogP contribution is -2.22. The van der Waals surface area contributed by atoms with Gasteiger partial charge in [0.1, 0.15) is 12.4 Å². The van der Waals surface area contributed by atoms with Crippen LogP contribution in [0.1, 0.15) is 12.0 Å². The van der Waals surface area contributed by atoms with Crippen LogP contribution in [0.4, 0.5) is 17.6 Å². The molecule has 0 heterocycles. The molecule has 1 aromatic rings. The number of alkyl halides is 3. The first-order valence-electron chi connectivity index (χ1n) is 6.07. The Balaban J connectivity index is 1.99. The Kier molecular flexibility index (Phi) is 6.80. The second kappa shape index (κ2) is 8.12. The lowest BCUT2D eigenvalue weighted by atomic mass is 10.1. The summed E-state index contributed by atoms with van der Waals surface area (Å²) in [5, 5.41) is 3.03. The molecule has 0 aromatic heterocycles. The molecule has 1 rings (SSSR count). The molecule has 0 aliphatic carbocycles. The summed E-state index contributed by atoms with van der Waals surface area (Å²) in [6, 6.07) is 6.51. The molecule has 0 aliphatic heterocycles. The van der Waals surface area contributed by atoms with E-state index in [1.54, 1.807) is 18.2 Å². The highest BCUT2D eigenvalue weighted by Gasteiger charge is 2.27. The van der Waals surface area contributed by atoms with Crippen molar-refractivity contribution in [3.05, 3.63) is 35.6 Å². The van der Waals surface area contributed by atoms with Crippen LogP contribution >= 0.6 is 0 Å². The SMILES string of the molecule is Fc1ccccc1CCNCCCOCC(F)(F)F. The molecule has 0 radical (unpaired) electrons. The van der Waals surface area contributed by atoms with Crippen LogP contribution < -0.4 is 5.32 Å². The van der Waals surface area contributed by atoms with Crippen LogP contribution in [-0.4, -0.2) is 32.5 Å². The molecule has 0 atom stereocenters. The molecule has 0 spiro atoms. The van der Waals surface area contributed by atoms with E-state index in [0.29, 0.717) is 31.5 Å². The number of rotatable bonds is 8. The van der Waals surface area contributed by atoms with Gasteiger partial charge in [0.15, 0.2) is 0 Å². The summed E-state index contributed by atoms with van der Waals surface area (Å²) >= 11 is 0. The minimum Gasteiger partial charge on any atom is -0.372 e. The normalized spacial score (nSPS) is 11.8. The largest absolute Gasteiger partial charge is 0.411 e. The molecular formula is C13H17F4NO. The van der Waals surface area contributed by atoms with E-state index in [0.717, 1.165) is 0 Å². The van der Waals surface area contributed by atoms with Crippen molar-refractivity contribution in [2.24, 2.45) is 0 Å². The summed E-state index contributed by atoms with van der Waals surface area (Å²) in [5.41, 5.74) is 0.628. The van der Waals surface area contributed by atoms with Gasteiger partial charge >= 0.3 is 6.18 Å². The molecule has 2 nitrogen and oxygen atoms in total. The van der Waals surface area contributed by atoms with Crippen LogP contribution in [0.2, 0.25) is 0 Å². The van der Waals surface area contributed by atoms with Crippen LogP contribution in [0.3, 0.4) is 0 Å². The van der Waals surface area contributed by atoms with Gasteiger partial charge in [0.25, 0.3) is 0 Å². The lowest BCUT2D eigenvalue weighted by molar-refractivity contribution is -0.173. The average molecular weight is 279 g/mol. The maximum atomic E-state index is 13.2. The van der Waals surface area contributed by atoms with E-state index in [9.17, 15) is 17.6 Å². The van der Waals surface area contributed by atoms with Crippen molar-refractivity contribution in [1.29, 1.82) is 0 Å². The number of ether oxygens (including phenoxy) is 1. The fraction of sp³-hybridized carbons (Fsp3) is 0.538. The van der Waals surface area contributed by atoms with E-state index in [1.807, 2.05) is 0 Å². The second-order valence-electron chi connectivity index (χ2n) is 4.11. The summed E-state index contributed by atoms with van der Waals surface area (Å²) < 4.78 is 52.9. The molecule has 6 heteroatoms. The number of benzene rings is 1. The van der Waals surface area contributed by atoms with Gasteiger partial charge in [-0.1, -0.05) is 18.2 Å². The predicted octanol–water partition coefficient (Wildman–Crippen LogP) is 2.93. The maximum Gasteiger partial charge on any atom is 0.411 e. The van der Waals surface area contributed by atoms with Gasteiger partial charge in [-0.15, -0.1) is 0 Å². The van der Waals surface area contributed by atoms with Crippen molar-refractivity contribution in [1.82, 2.24) is 5.32 Å². The highest BCUT2D eigenvalue weighted by atomic mass is 19.4. The minimum atomic E-state index is -4.27. The van der Waals surface area contributed by atoms with Gasteiger partial charge in [-0.3, -0.25) is 0 Å².